The lowest BCUT2D eigenvalue weighted by molar-refractivity contribution is 0.281. The summed E-state index contributed by atoms with van der Waals surface area (Å²) in [4.78, 5) is 13.2. The van der Waals surface area contributed by atoms with Crippen molar-refractivity contribution < 1.29 is 9.50 Å². The van der Waals surface area contributed by atoms with E-state index in [0.717, 1.165) is 0 Å². The van der Waals surface area contributed by atoms with Crippen LogP contribution in [0.25, 0.3) is 11.4 Å². The van der Waals surface area contributed by atoms with Gasteiger partial charge in [-0.15, -0.1) is 0 Å². The number of halogens is 1. The first kappa shape index (κ1) is 17.8. The molecule has 134 valence electrons. The standard InChI is InChI=1S/C19H20FN5O/c1-13(12-26)23-19-24-17(16-8-4-5-9-21-16)10-18(25-19)22-11-14-6-2-3-7-15(14)20/h2-10,13,26H,11-12H2,1H3,(H2,22,23,24,25)/t13-/m0/s1. The minimum absolute atomic E-state index is 0.0465. The molecular formula is C19H20FN5O. The number of pyridine rings is 1. The Morgan fingerprint density at radius 1 is 1.08 bits per heavy atom. The maximum absolute atomic E-state index is 13.8. The highest BCUT2D eigenvalue weighted by molar-refractivity contribution is 5.61. The van der Waals surface area contributed by atoms with Gasteiger partial charge in [0.2, 0.25) is 5.95 Å². The van der Waals surface area contributed by atoms with Crippen LogP contribution in [-0.4, -0.2) is 32.7 Å². The predicted molar refractivity (Wildman–Crippen MR) is 99.2 cm³/mol. The van der Waals surface area contributed by atoms with Crippen LogP contribution in [0.1, 0.15) is 12.5 Å². The maximum Gasteiger partial charge on any atom is 0.225 e. The van der Waals surface area contributed by atoms with Crippen LogP contribution in [0.2, 0.25) is 0 Å². The van der Waals surface area contributed by atoms with Crippen LogP contribution in [0.4, 0.5) is 16.2 Å². The van der Waals surface area contributed by atoms with Gasteiger partial charge in [0.05, 0.1) is 18.0 Å². The summed E-state index contributed by atoms with van der Waals surface area (Å²) in [5.41, 5.74) is 1.87. The van der Waals surface area contributed by atoms with E-state index in [0.29, 0.717) is 35.3 Å². The number of hydrogen-bond acceptors (Lipinski definition) is 6. The first-order valence-electron chi connectivity index (χ1n) is 8.31. The van der Waals surface area contributed by atoms with E-state index in [1.807, 2.05) is 25.1 Å². The highest BCUT2D eigenvalue weighted by atomic mass is 19.1. The molecule has 0 saturated carbocycles. The number of hydrogen-bond donors (Lipinski definition) is 3. The van der Waals surface area contributed by atoms with E-state index in [1.165, 1.54) is 6.07 Å². The number of rotatable bonds is 7. The lowest BCUT2D eigenvalue weighted by Gasteiger charge is -2.14. The molecule has 3 aromatic rings. The molecular weight excluding hydrogens is 333 g/mol. The molecule has 0 fully saturated rings. The van der Waals surface area contributed by atoms with Crippen molar-refractivity contribution in [1.82, 2.24) is 15.0 Å². The van der Waals surface area contributed by atoms with Crippen molar-refractivity contribution in [3.05, 3.63) is 66.1 Å². The maximum atomic E-state index is 13.8. The van der Waals surface area contributed by atoms with Gasteiger partial charge < -0.3 is 15.7 Å². The number of benzene rings is 1. The third-order valence-corrected chi connectivity index (χ3v) is 3.72. The third-order valence-electron chi connectivity index (χ3n) is 3.72. The average Bonchev–Trinajstić information content (AvgIpc) is 2.68. The SMILES string of the molecule is C[C@@H](CO)Nc1nc(NCc2ccccc2F)cc(-c2ccccn2)n1. The van der Waals surface area contributed by atoms with Gasteiger partial charge in [-0.1, -0.05) is 24.3 Å². The molecule has 0 bridgehead atoms. The molecule has 0 aliphatic heterocycles. The summed E-state index contributed by atoms with van der Waals surface area (Å²) in [5.74, 6) is 0.633. The van der Waals surface area contributed by atoms with Crippen LogP contribution in [0.3, 0.4) is 0 Å². The number of aliphatic hydroxyl groups is 1. The van der Waals surface area contributed by atoms with E-state index in [4.69, 9.17) is 0 Å². The van der Waals surface area contributed by atoms with Crippen molar-refractivity contribution in [2.24, 2.45) is 0 Å². The van der Waals surface area contributed by atoms with Crippen LogP contribution in [0, 0.1) is 5.82 Å². The van der Waals surface area contributed by atoms with Gasteiger partial charge in [0.25, 0.3) is 0 Å². The quantitative estimate of drug-likeness (QED) is 0.605. The Morgan fingerprint density at radius 2 is 1.88 bits per heavy atom. The van der Waals surface area contributed by atoms with Crippen LogP contribution in [-0.2, 0) is 6.54 Å². The smallest absolute Gasteiger partial charge is 0.225 e. The fraction of sp³-hybridized carbons (Fsp3) is 0.211. The van der Waals surface area contributed by atoms with Crippen molar-refractivity contribution in [2.75, 3.05) is 17.2 Å². The van der Waals surface area contributed by atoms with Crippen LogP contribution >= 0.6 is 0 Å². The zero-order chi connectivity index (χ0) is 18.4. The molecule has 0 aliphatic carbocycles. The van der Waals surface area contributed by atoms with Gasteiger partial charge in [-0.05, 0) is 25.1 Å². The van der Waals surface area contributed by atoms with Gasteiger partial charge in [-0.2, -0.15) is 4.98 Å². The molecule has 0 aliphatic rings. The summed E-state index contributed by atoms with van der Waals surface area (Å²) in [5, 5.41) is 15.4. The molecule has 2 heterocycles. The topological polar surface area (TPSA) is 83.0 Å². The largest absolute Gasteiger partial charge is 0.394 e. The van der Waals surface area contributed by atoms with Gasteiger partial charge in [0.15, 0.2) is 0 Å². The normalized spacial score (nSPS) is 11.8. The molecule has 6 nitrogen and oxygen atoms in total. The first-order chi connectivity index (χ1) is 12.7. The lowest BCUT2D eigenvalue weighted by atomic mass is 10.2. The predicted octanol–water partition coefficient (Wildman–Crippen LogP) is 3.08. The lowest BCUT2D eigenvalue weighted by Crippen LogP contribution is -2.21. The number of aromatic nitrogens is 3. The molecule has 3 N–H and O–H groups in total. The second-order valence-electron chi connectivity index (χ2n) is 5.85. The van der Waals surface area contributed by atoms with Crippen molar-refractivity contribution in [1.29, 1.82) is 0 Å². The Kier molecular flexibility index (Phi) is 5.70. The van der Waals surface area contributed by atoms with Gasteiger partial charge in [0.1, 0.15) is 11.6 Å². The molecule has 2 aromatic heterocycles. The summed E-state index contributed by atoms with van der Waals surface area (Å²) in [6.07, 6.45) is 1.69. The van der Waals surface area contributed by atoms with E-state index >= 15 is 0 Å². The van der Waals surface area contributed by atoms with Crippen LogP contribution < -0.4 is 10.6 Å². The zero-order valence-corrected chi connectivity index (χ0v) is 14.4. The van der Waals surface area contributed by atoms with Crippen molar-refractivity contribution in [2.45, 2.75) is 19.5 Å². The summed E-state index contributed by atoms with van der Waals surface area (Å²) < 4.78 is 13.8. The molecule has 1 aromatic carbocycles. The average molecular weight is 353 g/mol. The molecule has 7 heteroatoms. The van der Waals surface area contributed by atoms with Crippen LogP contribution in [0.5, 0.6) is 0 Å². The van der Waals surface area contributed by atoms with Crippen molar-refractivity contribution in [3.63, 3.8) is 0 Å². The molecule has 26 heavy (non-hydrogen) atoms. The third kappa shape index (κ3) is 4.52. The monoisotopic (exact) mass is 353 g/mol. The molecule has 0 amide bonds. The minimum Gasteiger partial charge on any atom is -0.394 e. The number of anilines is 2. The van der Waals surface area contributed by atoms with E-state index in [9.17, 15) is 9.50 Å². The highest BCUT2D eigenvalue weighted by Crippen LogP contribution is 2.20. The van der Waals surface area contributed by atoms with E-state index < -0.39 is 0 Å². The summed E-state index contributed by atoms with van der Waals surface area (Å²) in [7, 11) is 0. The van der Waals surface area contributed by atoms with Gasteiger partial charge in [-0.3, -0.25) is 4.98 Å². The molecule has 0 spiro atoms. The van der Waals surface area contributed by atoms with Gasteiger partial charge in [-0.25, -0.2) is 9.37 Å². The van der Waals surface area contributed by atoms with E-state index in [2.05, 4.69) is 25.6 Å². The Balaban J connectivity index is 1.88. The van der Waals surface area contributed by atoms with E-state index in [-0.39, 0.29) is 18.5 Å². The second kappa shape index (κ2) is 8.35. The number of nitrogens with zero attached hydrogens (tertiary/aromatic N) is 3. The number of aliphatic hydroxyl groups excluding tert-OH is 1. The molecule has 1 atom stereocenters. The summed E-state index contributed by atoms with van der Waals surface area (Å²) >= 11 is 0. The fourth-order valence-electron chi connectivity index (χ4n) is 2.34. The van der Waals surface area contributed by atoms with E-state index in [1.54, 1.807) is 30.5 Å². The van der Waals surface area contributed by atoms with Crippen LogP contribution in [0.15, 0.2) is 54.7 Å². The second-order valence-corrected chi connectivity index (χ2v) is 5.85. The first-order valence-corrected chi connectivity index (χ1v) is 8.31. The Labute approximate surface area is 151 Å². The fourth-order valence-corrected chi connectivity index (χ4v) is 2.34. The minimum atomic E-state index is -0.272. The Hall–Kier alpha value is -3.06. The Bertz CT molecular complexity index is 860. The Morgan fingerprint density at radius 3 is 2.62 bits per heavy atom. The van der Waals surface area contributed by atoms with Gasteiger partial charge >= 0.3 is 0 Å². The summed E-state index contributed by atoms with van der Waals surface area (Å²) in [6.45, 7) is 2.07. The van der Waals surface area contributed by atoms with Crippen molar-refractivity contribution in [3.8, 4) is 11.4 Å². The molecule has 0 radical (unpaired) electrons. The summed E-state index contributed by atoms with van der Waals surface area (Å²) in [6, 6.07) is 13.7. The highest BCUT2D eigenvalue weighted by Gasteiger charge is 2.10. The molecule has 0 saturated heterocycles. The van der Waals surface area contributed by atoms with Gasteiger partial charge in [0, 0.05) is 30.4 Å². The molecule has 3 rings (SSSR count). The zero-order valence-electron chi connectivity index (χ0n) is 14.4. The number of nitrogens with one attached hydrogen (secondary N) is 2. The molecule has 0 unspecified atom stereocenters. The van der Waals surface area contributed by atoms with Crippen molar-refractivity contribution >= 4 is 11.8 Å².